The van der Waals surface area contributed by atoms with Gasteiger partial charge in [0.05, 0.1) is 10.2 Å². The SMILES string of the molecule is O=C(Cn1ccc2ccccc21)N1CCC(Oc2nc3ccc(F)cc3s2)CC1. The van der Waals surface area contributed by atoms with Gasteiger partial charge in [-0.25, -0.2) is 9.37 Å². The number of piperidine rings is 1. The summed E-state index contributed by atoms with van der Waals surface area (Å²) in [4.78, 5) is 19.1. The van der Waals surface area contributed by atoms with Crippen LogP contribution in [0.3, 0.4) is 0 Å². The Morgan fingerprint density at radius 1 is 1.17 bits per heavy atom. The van der Waals surface area contributed by atoms with Crippen LogP contribution >= 0.6 is 11.3 Å². The second kappa shape index (κ2) is 7.48. The average molecular weight is 409 g/mol. The molecular formula is C22H20FN3O2S. The summed E-state index contributed by atoms with van der Waals surface area (Å²) in [5.41, 5.74) is 1.82. The molecule has 0 radical (unpaired) electrons. The Morgan fingerprint density at radius 3 is 2.86 bits per heavy atom. The van der Waals surface area contributed by atoms with Crippen molar-refractivity contribution in [1.29, 1.82) is 0 Å². The number of rotatable bonds is 4. The number of carbonyl (C=O) groups is 1. The molecular weight excluding hydrogens is 389 g/mol. The van der Waals surface area contributed by atoms with Crippen LogP contribution < -0.4 is 4.74 Å². The molecule has 0 unspecified atom stereocenters. The molecule has 1 fully saturated rings. The molecule has 3 heterocycles. The molecule has 148 valence electrons. The molecule has 1 aliphatic heterocycles. The molecule has 0 spiro atoms. The Morgan fingerprint density at radius 2 is 2.00 bits per heavy atom. The van der Waals surface area contributed by atoms with Gasteiger partial charge in [-0.3, -0.25) is 4.79 Å². The summed E-state index contributed by atoms with van der Waals surface area (Å²) in [6.45, 7) is 1.69. The van der Waals surface area contributed by atoms with Crippen LogP contribution in [0.2, 0.25) is 0 Å². The Kier molecular flexibility index (Phi) is 4.67. The fourth-order valence-corrected chi connectivity index (χ4v) is 4.72. The minimum atomic E-state index is -0.269. The number of likely N-dealkylation sites (tertiary alicyclic amines) is 1. The van der Waals surface area contributed by atoms with Gasteiger partial charge in [0.25, 0.3) is 5.19 Å². The predicted octanol–water partition coefficient (Wildman–Crippen LogP) is 4.46. The third-order valence-electron chi connectivity index (χ3n) is 5.38. The molecule has 5 rings (SSSR count). The lowest BCUT2D eigenvalue weighted by atomic mass is 10.1. The van der Waals surface area contributed by atoms with E-state index in [1.807, 2.05) is 39.9 Å². The highest BCUT2D eigenvalue weighted by Crippen LogP contribution is 2.30. The van der Waals surface area contributed by atoms with E-state index in [0.717, 1.165) is 34.0 Å². The summed E-state index contributed by atoms with van der Waals surface area (Å²) < 4.78 is 22.1. The summed E-state index contributed by atoms with van der Waals surface area (Å²) in [7, 11) is 0. The number of ether oxygens (including phenoxy) is 1. The number of thiazole rings is 1. The normalized spacial score (nSPS) is 15.3. The molecule has 0 aliphatic carbocycles. The maximum Gasteiger partial charge on any atom is 0.274 e. The minimum Gasteiger partial charge on any atom is -0.467 e. The smallest absolute Gasteiger partial charge is 0.274 e. The number of amides is 1. The Balaban J connectivity index is 1.19. The van der Waals surface area contributed by atoms with Gasteiger partial charge in [-0.2, -0.15) is 0 Å². The van der Waals surface area contributed by atoms with Crippen LogP contribution in [0.5, 0.6) is 5.19 Å². The van der Waals surface area contributed by atoms with Crippen molar-refractivity contribution in [3.8, 4) is 5.19 Å². The number of hydrogen-bond donors (Lipinski definition) is 0. The molecule has 29 heavy (non-hydrogen) atoms. The third-order valence-corrected chi connectivity index (χ3v) is 6.29. The fourth-order valence-electron chi connectivity index (χ4n) is 3.82. The van der Waals surface area contributed by atoms with Crippen molar-refractivity contribution in [2.75, 3.05) is 13.1 Å². The van der Waals surface area contributed by atoms with E-state index in [1.165, 1.54) is 23.5 Å². The Labute approximate surface area is 171 Å². The average Bonchev–Trinajstić information content (AvgIpc) is 3.32. The molecule has 1 saturated heterocycles. The van der Waals surface area contributed by atoms with Crippen molar-refractivity contribution >= 4 is 38.4 Å². The summed E-state index contributed by atoms with van der Waals surface area (Å²) in [6, 6.07) is 14.7. The van der Waals surface area contributed by atoms with Gasteiger partial charge in [0.2, 0.25) is 5.91 Å². The van der Waals surface area contributed by atoms with E-state index in [1.54, 1.807) is 6.07 Å². The van der Waals surface area contributed by atoms with Gasteiger partial charge in [0.1, 0.15) is 18.5 Å². The molecule has 0 saturated carbocycles. The summed E-state index contributed by atoms with van der Waals surface area (Å²) in [5.74, 6) is -0.143. The zero-order chi connectivity index (χ0) is 19.8. The molecule has 0 N–H and O–H groups in total. The van der Waals surface area contributed by atoms with Crippen LogP contribution in [-0.2, 0) is 11.3 Å². The van der Waals surface area contributed by atoms with Crippen molar-refractivity contribution in [1.82, 2.24) is 14.5 Å². The topological polar surface area (TPSA) is 47.4 Å². The van der Waals surface area contributed by atoms with Crippen molar-refractivity contribution in [2.45, 2.75) is 25.5 Å². The lowest BCUT2D eigenvalue weighted by Crippen LogP contribution is -2.43. The Bertz CT molecular complexity index is 1180. The van der Waals surface area contributed by atoms with Gasteiger partial charge in [-0.05, 0) is 35.7 Å². The first-order valence-corrected chi connectivity index (χ1v) is 10.5. The lowest BCUT2D eigenvalue weighted by Gasteiger charge is -2.31. The van der Waals surface area contributed by atoms with E-state index in [-0.39, 0.29) is 17.8 Å². The first-order valence-electron chi connectivity index (χ1n) is 9.70. The van der Waals surface area contributed by atoms with E-state index in [2.05, 4.69) is 11.1 Å². The largest absolute Gasteiger partial charge is 0.467 e. The number of hydrogen-bond acceptors (Lipinski definition) is 4. The first-order chi connectivity index (χ1) is 14.2. The van der Waals surface area contributed by atoms with Crippen LogP contribution in [0.1, 0.15) is 12.8 Å². The molecule has 2 aromatic carbocycles. The minimum absolute atomic E-state index is 0.0249. The molecule has 5 nitrogen and oxygen atoms in total. The molecule has 4 aromatic rings. The maximum atomic E-state index is 13.3. The number of halogens is 1. The van der Waals surface area contributed by atoms with Crippen LogP contribution in [0, 0.1) is 5.82 Å². The molecule has 0 bridgehead atoms. The zero-order valence-electron chi connectivity index (χ0n) is 15.8. The highest BCUT2D eigenvalue weighted by molar-refractivity contribution is 7.20. The van der Waals surface area contributed by atoms with Gasteiger partial charge < -0.3 is 14.2 Å². The maximum absolute atomic E-state index is 13.3. The van der Waals surface area contributed by atoms with Crippen LogP contribution in [0.4, 0.5) is 4.39 Å². The van der Waals surface area contributed by atoms with E-state index >= 15 is 0 Å². The first kappa shape index (κ1) is 18.1. The van der Waals surface area contributed by atoms with E-state index in [9.17, 15) is 9.18 Å². The highest BCUT2D eigenvalue weighted by Gasteiger charge is 2.25. The second-order valence-corrected chi connectivity index (χ2v) is 8.29. The predicted molar refractivity (Wildman–Crippen MR) is 112 cm³/mol. The zero-order valence-corrected chi connectivity index (χ0v) is 16.6. The van der Waals surface area contributed by atoms with E-state index in [4.69, 9.17) is 4.74 Å². The molecule has 1 aliphatic rings. The van der Waals surface area contributed by atoms with Gasteiger partial charge in [-0.1, -0.05) is 29.5 Å². The van der Waals surface area contributed by atoms with Crippen molar-refractivity contribution in [2.24, 2.45) is 0 Å². The van der Waals surface area contributed by atoms with Gasteiger partial charge in [-0.15, -0.1) is 0 Å². The standard InChI is InChI=1S/C22H20FN3O2S/c23-16-5-6-18-20(13-16)29-22(24-18)28-17-8-11-25(12-9-17)21(27)14-26-10-7-15-3-1-2-4-19(15)26/h1-7,10,13,17H,8-9,11-12,14H2. The molecule has 1 amide bonds. The van der Waals surface area contributed by atoms with Crippen molar-refractivity contribution < 1.29 is 13.9 Å². The van der Waals surface area contributed by atoms with Crippen molar-refractivity contribution in [3.63, 3.8) is 0 Å². The van der Waals surface area contributed by atoms with Crippen LogP contribution in [0.25, 0.3) is 21.1 Å². The molecule has 0 atom stereocenters. The summed E-state index contributed by atoms with van der Waals surface area (Å²) in [5, 5.41) is 1.71. The fraction of sp³-hybridized carbons (Fsp3) is 0.273. The number of para-hydroxylation sites is 1. The Hall–Kier alpha value is -2.93. The highest BCUT2D eigenvalue weighted by atomic mass is 32.1. The van der Waals surface area contributed by atoms with Gasteiger partial charge >= 0.3 is 0 Å². The number of nitrogens with zero attached hydrogens (tertiary/aromatic N) is 3. The van der Waals surface area contributed by atoms with Crippen molar-refractivity contribution in [3.05, 3.63) is 60.5 Å². The quantitative estimate of drug-likeness (QED) is 0.500. The van der Waals surface area contributed by atoms with Gasteiger partial charge in [0.15, 0.2) is 0 Å². The molecule has 2 aromatic heterocycles. The summed E-state index contributed by atoms with van der Waals surface area (Å²) >= 11 is 1.36. The number of carbonyl (C=O) groups excluding carboxylic acids is 1. The monoisotopic (exact) mass is 409 g/mol. The van der Waals surface area contributed by atoms with Gasteiger partial charge in [0, 0.05) is 37.6 Å². The van der Waals surface area contributed by atoms with E-state index in [0.29, 0.717) is 24.8 Å². The molecule has 7 heteroatoms. The number of benzene rings is 2. The number of aromatic nitrogens is 2. The van der Waals surface area contributed by atoms with E-state index < -0.39 is 0 Å². The lowest BCUT2D eigenvalue weighted by molar-refractivity contribution is -0.133. The third kappa shape index (κ3) is 3.70. The van der Waals surface area contributed by atoms with Crippen LogP contribution in [-0.4, -0.2) is 39.6 Å². The number of fused-ring (bicyclic) bond motifs is 2. The van der Waals surface area contributed by atoms with Crippen LogP contribution in [0.15, 0.2) is 54.7 Å². The summed E-state index contributed by atoms with van der Waals surface area (Å²) in [6.07, 6.45) is 3.52. The second-order valence-electron chi connectivity index (χ2n) is 7.29.